The van der Waals surface area contributed by atoms with Crippen LogP contribution in [0.1, 0.15) is 97.8 Å². The zero-order valence-corrected chi connectivity index (χ0v) is 20.4. The standard InChI is InChI=1S/C22H45NO5.ClH.H3N/c1-4-5-6-7-8-9-10-11-12-13-14-15-16-23-17-18(24)19(25)20(22(2,3)27)28-21(17)26;;/h17-21,23-27H,4-16H2,1-3H3;1H;1H3/t17-,18+,19-,20-,21?;;/m0../s1. The van der Waals surface area contributed by atoms with E-state index in [0.29, 0.717) is 6.54 Å². The number of hydrogen-bond donors (Lipinski definition) is 6. The Kier molecular flexibility index (Phi) is 18.8. The van der Waals surface area contributed by atoms with Crippen LogP contribution >= 0.6 is 0 Å². The van der Waals surface area contributed by atoms with Crippen LogP contribution in [0.25, 0.3) is 0 Å². The van der Waals surface area contributed by atoms with E-state index in [0.717, 1.165) is 12.8 Å². The lowest BCUT2D eigenvalue weighted by molar-refractivity contribution is -0.281. The zero-order chi connectivity index (χ0) is 21.0. The van der Waals surface area contributed by atoms with Gasteiger partial charge in [0.05, 0.1) is 11.6 Å². The van der Waals surface area contributed by atoms with E-state index in [4.69, 9.17) is 4.74 Å². The molecule has 0 spiro atoms. The smallest absolute Gasteiger partial charge is 0.173 e. The van der Waals surface area contributed by atoms with Crippen LogP contribution < -0.4 is 23.9 Å². The van der Waals surface area contributed by atoms with Gasteiger partial charge in [-0.2, -0.15) is 0 Å². The first kappa shape index (κ1) is 32.2. The van der Waals surface area contributed by atoms with E-state index in [9.17, 15) is 20.4 Å². The number of quaternary nitrogens is 1. The molecule has 8 heteroatoms. The van der Waals surface area contributed by atoms with Crippen LogP contribution in [0.4, 0.5) is 0 Å². The molecule has 184 valence electrons. The van der Waals surface area contributed by atoms with Gasteiger partial charge in [-0.1, -0.05) is 77.6 Å². The molecule has 0 aliphatic carbocycles. The minimum atomic E-state index is -1.35. The highest BCUT2D eigenvalue weighted by Gasteiger charge is 2.48. The molecule has 1 saturated heterocycles. The predicted molar refractivity (Wildman–Crippen MR) is 118 cm³/mol. The summed E-state index contributed by atoms with van der Waals surface area (Å²) in [6.45, 7) is 5.87. The van der Waals surface area contributed by atoms with Gasteiger partial charge in [0.15, 0.2) is 6.29 Å². The second-order valence-electron chi connectivity index (χ2n) is 8.95. The van der Waals surface area contributed by atoms with E-state index in [1.54, 1.807) is 0 Å². The maximum absolute atomic E-state index is 10.3. The van der Waals surface area contributed by atoms with Crippen molar-refractivity contribution < 1.29 is 37.6 Å². The van der Waals surface area contributed by atoms with Gasteiger partial charge in [-0.25, -0.2) is 0 Å². The molecule has 1 rings (SSSR count). The predicted octanol–water partition coefficient (Wildman–Crippen LogP) is 0.236. The van der Waals surface area contributed by atoms with Crippen LogP contribution in [0.5, 0.6) is 0 Å². The molecule has 5 atom stereocenters. The quantitative estimate of drug-likeness (QED) is 0.195. The summed E-state index contributed by atoms with van der Waals surface area (Å²) in [6.07, 6.45) is 10.6. The number of unbranched alkanes of at least 4 members (excludes halogenated alkanes) is 11. The molecule has 1 fully saturated rings. The molecule has 0 bridgehead atoms. The number of rotatable bonds is 15. The second-order valence-corrected chi connectivity index (χ2v) is 8.95. The molecule has 9 N–H and O–H groups in total. The maximum Gasteiger partial charge on any atom is 0.173 e. The summed E-state index contributed by atoms with van der Waals surface area (Å²) in [7, 11) is 0. The fourth-order valence-corrected chi connectivity index (χ4v) is 3.92. The fraction of sp³-hybridized carbons (Fsp3) is 1.00. The van der Waals surface area contributed by atoms with E-state index in [1.807, 2.05) is 0 Å². The van der Waals surface area contributed by atoms with Crippen LogP contribution in [0.15, 0.2) is 0 Å². The fourth-order valence-electron chi connectivity index (χ4n) is 3.92. The summed E-state index contributed by atoms with van der Waals surface area (Å²) < 4.78 is 5.34. The van der Waals surface area contributed by atoms with E-state index in [2.05, 4.69) is 12.2 Å². The Labute approximate surface area is 190 Å². The van der Waals surface area contributed by atoms with Crippen LogP contribution in [0, 0.1) is 0 Å². The van der Waals surface area contributed by atoms with Crippen molar-refractivity contribution in [3.8, 4) is 0 Å². The van der Waals surface area contributed by atoms with Gasteiger partial charge in [0, 0.05) is 0 Å². The van der Waals surface area contributed by atoms with Crippen molar-refractivity contribution in [3.05, 3.63) is 0 Å². The van der Waals surface area contributed by atoms with Crippen molar-refractivity contribution in [1.29, 1.82) is 0 Å². The van der Waals surface area contributed by atoms with Gasteiger partial charge in [0.1, 0.15) is 18.3 Å². The number of ether oxygens (including phenoxy) is 1. The third-order valence-corrected chi connectivity index (χ3v) is 5.73. The third kappa shape index (κ3) is 12.2. The summed E-state index contributed by atoms with van der Waals surface area (Å²) in [5, 5.41) is 43.7. The van der Waals surface area contributed by atoms with Crippen molar-refractivity contribution >= 4 is 0 Å². The Bertz CT molecular complexity index is 398. The molecule has 7 nitrogen and oxygen atoms in total. The topological polar surface area (TPSA) is 139 Å². The molecule has 0 aromatic rings. The van der Waals surface area contributed by atoms with Gasteiger partial charge < -0.3 is 49.0 Å². The minimum Gasteiger partial charge on any atom is -1.00 e. The molecule has 0 aromatic heterocycles. The highest BCUT2D eigenvalue weighted by atomic mass is 35.5. The average molecular weight is 457 g/mol. The van der Waals surface area contributed by atoms with Crippen LogP contribution in [-0.2, 0) is 4.74 Å². The lowest BCUT2D eigenvalue weighted by Gasteiger charge is -2.45. The van der Waals surface area contributed by atoms with E-state index in [-0.39, 0.29) is 18.6 Å². The molecule has 0 amide bonds. The monoisotopic (exact) mass is 456 g/mol. The molecular weight excluding hydrogens is 408 g/mol. The van der Waals surface area contributed by atoms with Crippen LogP contribution in [0.2, 0.25) is 0 Å². The minimum absolute atomic E-state index is 0. The molecule has 0 radical (unpaired) electrons. The van der Waals surface area contributed by atoms with E-state index < -0.39 is 36.2 Å². The van der Waals surface area contributed by atoms with Gasteiger partial charge in [-0.15, -0.1) is 0 Å². The van der Waals surface area contributed by atoms with Gasteiger partial charge in [-0.3, -0.25) is 0 Å². The van der Waals surface area contributed by atoms with Crippen molar-refractivity contribution in [3.63, 3.8) is 0 Å². The third-order valence-electron chi connectivity index (χ3n) is 5.73. The number of aliphatic hydroxyl groups is 4. The summed E-state index contributed by atoms with van der Waals surface area (Å²) >= 11 is 0. The lowest BCUT2D eigenvalue weighted by atomic mass is 9.88. The summed E-state index contributed by atoms with van der Waals surface area (Å²) in [5.74, 6) is 0. The Morgan fingerprint density at radius 2 is 1.20 bits per heavy atom. The largest absolute Gasteiger partial charge is 1.00 e. The van der Waals surface area contributed by atoms with Gasteiger partial charge in [0.25, 0.3) is 0 Å². The highest BCUT2D eigenvalue weighted by Crippen LogP contribution is 2.27. The Hall–Kier alpha value is 0.01000. The van der Waals surface area contributed by atoms with Gasteiger partial charge >= 0.3 is 0 Å². The Morgan fingerprint density at radius 1 is 0.767 bits per heavy atom. The van der Waals surface area contributed by atoms with E-state index >= 15 is 0 Å². The number of halogens is 1. The Balaban J connectivity index is 0. The number of hydrogen-bond acceptors (Lipinski definition) is 6. The van der Waals surface area contributed by atoms with Crippen molar-refractivity contribution in [2.75, 3.05) is 6.54 Å². The first-order valence-corrected chi connectivity index (χ1v) is 11.4. The normalized spacial score (nSPS) is 26.7. The molecule has 1 heterocycles. The molecule has 1 aliphatic rings. The van der Waals surface area contributed by atoms with E-state index in [1.165, 1.54) is 78.1 Å². The molecule has 1 unspecified atom stereocenters. The summed E-state index contributed by atoms with van der Waals surface area (Å²) in [4.78, 5) is 0. The lowest BCUT2D eigenvalue weighted by Crippen LogP contribution is -3.00. The summed E-state index contributed by atoms with van der Waals surface area (Å²) in [6, 6.07) is -0.749. The first-order valence-electron chi connectivity index (χ1n) is 11.4. The molecule has 0 saturated carbocycles. The van der Waals surface area contributed by atoms with Crippen molar-refractivity contribution in [1.82, 2.24) is 11.5 Å². The molecule has 30 heavy (non-hydrogen) atoms. The van der Waals surface area contributed by atoms with Crippen molar-refractivity contribution in [2.45, 2.75) is 134 Å². The first-order chi connectivity index (χ1) is 13.3. The number of aliphatic hydroxyl groups excluding tert-OH is 3. The Morgan fingerprint density at radius 3 is 1.63 bits per heavy atom. The second kappa shape index (κ2) is 17.6. The van der Waals surface area contributed by atoms with Gasteiger partial charge in [0.2, 0.25) is 0 Å². The van der Waals surface area contributed by atoms with Gasteiger partial charge in [-0.05, 0) is 26.8 Å². The SMILES string of the molecule is CCCCCCCCCCCCCCN[C@@H]1C(O)O[C@H](C(C)(C)O)[C@@H](O)[C@@H]1O.[Cl-].[NH4+]. The zero-order valence-electron chi connectivity index (χ0n) is 19.7. The average Bonchev–Trinajstić information content (AvgIpc) is 2.63. The van der Waals surface area contributed by atoms with Crippen LogP contribution in [-0.4, -0.2) is 63.2 Å². The van der Waals surface area contributed by atoms with Crippen molar-refractivity contribution in [2.24, 2.45) is 0 Å². The number of nitrogens with one attached hydrogen (secondary N) is 1. The van der Waals surface area contributed by atoms with Crippen LogP contribution in [0.3, 0.4) is 0 Å². The maximum atomic E-state index is 10.3. The molecule has 1 aliphatic heterocycles. The summed E-state index contributed by atoms with van der Waals surface area (Å²) in [5.41, 5.74) is -1.35. The molecular formula is C22H49ClN2O5. The highest BCUT2D eigenvalue weighted by molar-refractivity contribution is 4.98. The molecule has 0 aromatic carbocycles.